The van der Waals surface area contributed by atoms with Crippen LogP contribution in [0.3, 0.4) is 0 Å². The molecule has 21 nitrogen and oxygen atoms in total. The van der Waals surface area contributed by atoms with Crippen molar-refractivity contribution in [2.45, 2.75) is 117 Å². The number of fused-ring (bicyclic) bond motifs is 1. The summed E-state index contributed by atoms with van der Waals surface area (Å²) < 4.78 is 41.0. The van der Waals surface area contributed by atoms with Crippen molar-refractivity contribution in [3.63, 3.8) is 0 Å². The number of aromatic hydroxyl groups is 2. The molecule has 17 atom stereocenters. The minimum Gasteiger partial charge on any atom is -0.508 e. The van der Waals surface area contributed by atoms with E-state index in [1.165, 1.54) is 24.3 Å². The number of aliphatic hydroxyl groups is 12. The van der Waals surface area contributed by atoms with Crippen molar-refractivity contribution in [3.8, 4) is 34.5 Å². The van der Waals surface area contributed by atoms with E-state index in [4.69, 9.17) is 33.2 Å². The first-order valence-electron chi connectivity index (χ1n) is 21.6. The van der Waals surface area contributed by atoms with Gasteiger partial charge in [-0.2, -0.15) is 0 Å². The summed E-state index contributed by atoms with van der Waals surface area (Å²) in [6.45, 7) is -1.97. The second-order valence-corrected chi connectivity index (χ2v) is 17.0. The van der Waals surface area contributed by atoms with Crippen LogP contribution in [0.1, 0.15) is 39.8 Å². The summed E-state index contributed by atoms with van der Waals surface area (Å²) in [7, 11) is 0. The second-order valence-electron chi connectivity index (χ2n) is 17.0. The van der Waals surface area contributed by atoms with Crippen molar-refractivity contribution in [1.29, 1.82) is 0 Å². The second kappa shape index (κ2) is 20.4. The Morgan fingerprint density at radius 3 is 1.31 bits per heavy atom. The Bertz CT molecular complexity index is 2260. The molecule has 0 spiro atoms. The molecule has 14 N–H and O–H groups in total. The first kappa shape index (κ1) is 48.5. The molecular formula is C46H54O21. The SMILES string of the molecule is OC[C@@H]1O[C@H](Oc2cc(CCc3ccc(O[C@@H]4O[C@H](CO)[C@@H](O)[C@H](O)[C@H]4O)cc3)c3c(c2)O[C@@H](c2ccc(O[C@@H]4O[C@H](CO)[C@@H](O)[C@H](O)[C@H]4O)cc2)[C@@H]3c2cc(O)cc(O)c2)[C@@H](O)[C@H](O)[C@H]1O. The molecule has 21 heteroatoms. The van der Waals surface area contributed by atoms with Crippen LogP contribution in [0.15, 0.2) is 78.9 Å². The maximum atomic E-state index is 10.9. The number of rotatable bonds is 14. The molecule has 4 aromatic rings. The van der Waals surface area contributed by atoms with Crippen LogP contribution in [0, 0.1) is 0 Å². The van der Waals surface area contributed by atoms with Crippen LogP contribution in [0.5, 0.6) is 34.5 Å². The predicted octanol–water partition coefficient (Wildman–Crippen LogP) is -2.32. The van der Waals surface area contributed by atoms with E-state index in [1.807, 2.05) is 0 Å². The van der Waals surface area contributed by atoms with E-state index in [0.717, 1.165) is 5.56 Å². The number of phenols is 2. The van der Waals surface area contributed by atoms with Gasteiger partial charge < -0.3 is 105 Å². The van der Waals surface area contributed by atoms with E-state index in [0.29, 0.717) is 28.7 Å². The zero-order chi connectivity index (χ0) is 47.8. The summed E-state index contributed by atoms with van der Waals surface area (Å²) >= 11 is 0. The molecule has 364 valence electrons. The van der Waals surface area contributed by atoms with Gasteiger partial charge in [-0.25, -0.2) is 0 Å². The summed E-state index contributed by atoms with van der Waals surface area (Å²) in [5, 5.41) is 144. The third-order valence-corrected chi connectivity index (χ3v) is 12.5. The quantitative estimate of drug-likeness (QED) is 0.0631. The predicted molar refractivity (Wildman–Crippen MR) is 225 cm³/mol. The Kier molecular flexibility index (Phi) is 14.7. The van der Waals surface area contributed by atoms with Gasteiger partial charge in [0.1, 0.15) is 114 Å². The first-order chi connectivity index (χ1) is 32.1. The van der Waals surface area contributed by atoms with Crippen LogP contribution >= 0.6 is 0 Å². The lowest BCUT2D eigenvalue weighted by atomic mass is 9.81. The molecule has 4 aliphatic heterocycles. The maximum absolute atomic E-state index is 10.9. The zero-order valence-electron chi connectivity index (χ0n) is 35.5. The van der Waals surface area contributed by atoms with Gasteiger partial charge in [0.2, 0.25) is 18.9 Å². The van der Waals surface area contributed by atoms with E-state index < -0.39 is 124 Å². The maximum Gasteiger partial charge on any atom is 0.229 e. The molecule has 0 unspecified atom stereocenters. The van der Waals surface area contributed by atoms with Gasteiger partial charge in [0.25, 0.3) is 0 Å². The zero-order valence-corrected chi connectivity index (χ0v) is 35.5. The van der Waals surface area contributed by atoms with Crippen LogP contribution < -0.4 is 18.9 Å². The highest BCUT2D eigenvalue weighted by Crippen LogP contribution is 2.53. The van der Waals surface area contributed by atoms with Crippen LogP contribution in [-0.4, -0.2) is 183 Å². The number of benzene rings is 4. The number of phenolic OH excluding ortho intramolecular Hbond substituents is 2. The van der Waals surface area contributed by atoms with Crippen molar-refractivity contribution >= 4 is 0 Å². The minimum atomic E-state index is -1.74. The van der Waals surface area contributed by atoms with Gasteiger partial charge in [0.15, 0.2) is 0 Å². The lowest BCUT2D eigenvalue weighted by Gasteiger charge is -2.39. The number of aryl methyl sites for hydroxylation is 2. The average molecular weight is 943 g/mol. The van der Waals surface area contributed by atoms with Crippen molar-refractivity contribution in [2.24, 2.45) is 0 Å². The van der Waals surface area contributed by atoms with Gasteiger partial charge in [-0.15, -0.1) is 0 Å². The van der Waals surface area contributed by atoms with Crippen LogP contribution in [0.25, 0.3) is 0 Å². The standard InChI is InChI=1S/C46H54O21/c47-16-29-34(52)37(55)40(58)44(65-29)61-25-7-2-19(3-8-25)1-4-21-13-27(63-46-42(60)39(57)36(54)31(18-49)67-46)15-28-32(21)33(22-11-23(50)14-24(51)12-22)43(64-28)20-5-9-26(10-6-20)62-45-41(59)38(56)35(53)30(17-48)66-45/h2-3,5-15,29-31,33-60H,1,4,16-18H2/t29-,30-,31+,33-,34-,35-,36+,37+,38+,39-,40-,41-,42+,43+,44-,45-,46+/m1/s1. The van der Waals surface area contributed by atoms with Crippen LogP contribution in [0.4, 0.5) is 0 Å². The van der Waals surface area contributed by atoms with Gasteiger partial charge in [0, 0.05) is 17.7 Å². The molecule has 3 saturated heterocycles. The van der Waals surface area contributed by atoms with E-state index in [9.17, 15) is 71.5 Å². The fraction of sp³-hybridized carbons (Fsp3) is 0.478. The van der Waals surface area contributed by atoms with E-state index in [2.05, 4.69) is 0 Å². The molecule has 0 aliphatic carbocycles. The number of ether oxygens (including phenoxy) is 7. The molecule has 0 bridgehead atoms. The first-order valence-corrected chi connectivity index (χ1v) is 21.6. The molecular weight excluding hydrogens is 888 g/mol. The molecule has 4 heterocycles. The number of aliphatic hydroxyl groups excluding tert-OH is 12. The molecule has 4 aromatic carbocycles. The van der Waals surface area contributed by atoms with Crippen molar-refractivity contribution in [3.05, 3.63) is 107 Å². The van der Waals surface area contributed by atoms with Crippen LogP contribution in [-0.2, 0) is 27.1 Å². The highest BCUT2D eigenvalue weighted by Gasteiger charge is 2.48. The Morgan fingerprint density at radius 1 is 0.433 bits per heavy atom. The van der Waals surface area contributed by atoms with Crippen molar-refractivity contribution in [2.75, 3.05) is 19.8 Å². The Morgan fingerprint density at radius 2 is 0.866 bits per heavy atom. The molecule has 0 aromatic heterocycles. The molecule has 8 rings (SSSR count). The van der Waals surface area contributed by atoms with Gasteiger partial charge >= 0.3 is 0 Å². The fourth-order valence-electron chi connectivity index (χ4n) is 8.78. The molecule has 67 heavy (non-hydrogen) atoms. The molecule has 4 aliphatic rings. The lowest BCUT2D eigenvalue weighted by molar-refractivity contribution is -0.277. The van der Waals surface area contributed by atoms with Gasteiger partial charge in [-0.1, -0.05) is 24.3 Å². The topological polar surface area (TPSA) is 348 Å². The number of hydrogen-bond donors (Lipinski definition) is 14. The monoisotopic (exact) mass is 942 g/mol. The molecule has 0 saturated carbocycles. The van der Waals surface area contributed by atoms with E-state index in [-0.39, 0.29) is 40.9 Å². The average Bonchev–Trinajstić information content (AvgIpc) is 3.71. The highest BCUT2D eigenvalue weighted by molar-refractivity contribution is 5.58. The van der Waals surface area contributed by atoms with Crippen LogP contribution in [0.2, 0.25) is 0 Å². The number of hydrogen-bond acceptors (Lipinski definition) is 21. The lowest BCUT2D eigenvalue weighted by Crippen LogP contribution is -2.60. The molecule has 0 amide bonds. The van der Waals surface area contributed by atoms with E-state index in [1.54, 1.807) is 54.6 Å². The van der Waals surface area contributed by atoms with Gasteiger partial charge in [0.05, 0.1) is 25.7 Å². The summed E-state index contributed by atoms with van der Waals surface area (Å²) in [5.41, 5.74) is 3.02. The summed E-state index contributed by atoms with van der Waals surface area (Å²) in [6, 6.07) is 20.4. The normalized spacial score (nSPS) is 35.1. The summed E-state index contributed by atoms with van der Waals surface area (Å²) in [6.07, 6.45) is -23.1. The summed E-state index contributed by atoms with van der Waals surface area (Å²) in [5.74, 6) is -0.399. The van der Waals surface area contributed by atoms with Gasteiger partial charge in [-0.05, 0) is 77.6 Å². The Balaban J connectivity index is 1.11. The van der Waals surface area contributed by atoms with Crippen molar-refractivity contribution in [1.82, 2.24) is 0 Å². The Labute approximate surface area is 382 Å². The fourth-order valence-corrected chi connectivity index (χ4v) is 8.78. The third-order valence-electron chi connectivity index (χ3n) is 12.5. The third kappa shape index (κ3) is 9.99. The van der Waals surface area contributed by atoms with Gasteiger partial charge in [-0.3, -0.25) is 0 Å². The van der Waals surface area contributed by atoms with Crippen molar-refractivity contribution < 1.29 is 105 Å². The summed E-state index contributed by atoms with van der Waals surface area (Å²) in [4.78, 5) is 0. The Hall–Kier alpha value is -4.92. The highest BCUT2D eigenvalue weighted by atomic mass is 16.7. The van der Waals surface area contributed by atoms with E-state index >= 15 is 0 Å². The minimum absolute atomic E-state index is 0.0998. The largest absolute Gasteiger partial charge is 0.508 e. The molecule has 3 fully saturated rings. The smallest absolute Gasteiger partial charge is 0.229 e. The molecule has 0 radical (unpaired) electrons.